The first-order chi connectivity index (χ1) is 21.6. The van der Waals surface area contributed by atoms with E-state index in [1.165, 1.54) is 18.9 Å². The van der Waals surface area contributed by atoms with Crippen molar-refractivity contribution >= 4 is 33.5 Å². The molecule has 0 heterocycles. The van der Waals surface area contributed by atoms with Crippen LogP contribution in [0.15, 0.2) is 72.8 Å². The van der Waals surface area contributed by atoms with Crippen LogP contribution in [-0.4, -0.2) is 30.3 Å². The van der Waals surface area contributed by atoms with Gasteiger partial charge in [-0.05, 0) is 102 Å². The van der Waals surface area contributed by atoms with Crippen molar-refractivity contribution in [2.24, 2.45) is 0 Å². The Balaban J connectivity index is 1.44. The highest BCUT2D eigenvalue weighted by atomic mass is 19.4. The minimum Gasteiger partial charge on any atom is -0.459 e. The molecule has 0 bridgehead atoms. The minimum absolute atomic E-state index is 0.0870. The zero-order valence-corrected chi connectivity index (χ0v) is 26.4. The van der Waals surface area contributed by atoms with Crippen molar-refractivity contribution in [1.29, 1.82) is 0 Å². The van der Waals surface area contributed by atoms with Gasteiger partial charge in [0.2, 0.25) is 0 Å². The van der Waals surface area contributed by atoms with Crippen molar-refractivity contribution in [3.63, 3.8) is 0 Å². The van der Waals surface area contributed by atoms with E-state index in [0.29, 0.717) is 18.4 Å². The van der Waals surface area contributed by atoms with Gasteiger partial charge in [-0.1, -0.05) is 88.8 Å². The number of halogens is 3. The Kier molecular flexibility index (Phi) is 12.0. The highest BCUT2D eigenvalue weighted by Crippen LogP contribution is 2.31. The lowest BCUT2D eigenvalue weighted by atomic mass is 9.97. The Morgan fingerprint density at radius 1 is 0.600 bits per heavy atom. The Labute approximate surface area is 263 Å². The number of unbranched alkanes of at least 4 members (excludes halogenated alkanes) is 6. The minimum atomic E-state index is -4.61. The molecule has 0 aliphatic rings. The van der Waals surface area contributed by atoms with Crippen molar-refractivity contribution < 1.29 is 32.2 Å². The monoisotopic (exact) mass is 620 g/mol. The van der Waals surface area contributed by atoms with Gasteiger partial charge in [0.25, 0.3) is 0 Å². The Hall–Kier alpha value is -3.87. The molecule has 0 unspecified atom stereocenters. The molecular formula is C38H43F3O4. The van der Waals surface area contributed by atoms with E-state index in [4.69, 9.17) is 9.47 Å². The van der Waals surface area contributed by atoms with Crippen LogP contribution in [-0.2, 0) is 9.47 Å². The molecule has 7 heteroatoms. The first-order valence-electron chi connectivity index (χ1n) is 16.2. The number of rotatable bonds is 15. The Morgan fingerprint density at radius 2 is 1.04 bits per heavy atom. The molecule has 4 rings (SSSR count). The summed E-state index contributed by atoms with van der Waals surface area (Å²) in [6, 6.07) is 22.1. The standard InChI is InChI=1S/C38H43F3O4/c1-4-6-8-10-12-26(3)44-36(42)33-20-18-29-22-27(14-16-31(29)24-33)28-15-17-32-25-34(21-19-30(32)23-28)37(43)45-35(38(39,40)41)13-11-9-7-5-2/h14-26,35H,4-13H2,1-3H3/t26-,35-/m1/s1. The number of hydrogen-bond donors (Lipinski definition) is 0. The van der Waals surface area contributed by atoms with E-state index >= 15 is 0 Å². The zero-order valence-electron chi connectivity index (χ0n) is 26.4. The summed E-state index contributed by atoms with van der Waals surface area (Å²) in [5.74, 6) is -1.29. The molecule has 0 spiro atoms. The van der Waals surface area contributed by atoms with Gasteiger partial charge in [0.05, 0.1) is 17.2 Å². The van der Waals surface area contributed by atoms with Gasteiger partial charge in [-0.2, -0.15) is 13.2 Å². The molecule has 4 aromatic rings. The van der Waals surface area contributed by atoms with Gasteiger partial charge in [0.15, 0.2) is 6.10 Å². The Morgan fingerprint density at radius 3 is 1.53 bits per heavy atom. The third-order valence-electron chi connectivity index (χ3n) is 8.19. The SMILES string of the molecule is CCCCCC[C@@H](C)OC(=O)c1ccc2cc(-c3ccc4cc(C(=O)O[C@H](CCCCCC)C(F)(F)F)ccc4c3)ccc2c1. The fourth-order valence-corrected chi connectivity index (χ4v) is 5.52. The van der Waals surface area contributed by atoms with Gasteiger partial charge in [0, 0.05) is 0 Å². The predicted octanol–water partition coefficient (Wildman–Crippen LogP) is 11.2. The lowest BCUT2D eigenvalue weighted by Crippen LogP contribution is -2.33. The van der Waals surface area contributed by atoms with Crippen LogP contribution in [0, 0.1) is 0 Å². The summed E-state index contributed by atoms with van der Waals surface area (Å²) < 4.78 is 51.2. The van der Waals surface area contributed by atoms with Crippen molar-refractivity contribution in [3.05, 3.63) is 83.9 Å². The van der Waals surface area contributed by atoms with Gasteiger partial charge >= 0.3 is 18.1 Å². The maximum Gasteiger partial charge on any atom is 0.425 e. The van der Waals surface area contributed by atoms with Crippen molar-refractivity contribution in [2.75, 3.05) is 0 Å². The Bertz CT molecular complexity index is 1590. The molecule has 0 aliphatic carbocycles. The van der Waals surface area contributed by atoms with Crippen LogP contribution in [0.1, 0.15) is 106 Å². The van der Waals surface area contributed by atoms with Crippen molar-refractivity contribution in [3.8, 4) is 11.1 Å². The fraction of sp³-hybridized carbons (Fsp3) is 0.421. The number of hydrogen-bond acceptors (Lipinski definition) is 4. The second-order valence-electron chi connectivity index (χ2n) is 11.9. The number of fused-ring (bicyclic) bond motifs is 2. The molecule has 0 N–H and O–H groups in total. The zero-order chi connectivity index (χ0) is 32.4. The molecular weight excluding hydrogens is 577 g/mol. The second kappa shape index (κ2) is 15.9. The van der Waals surface area contributed by atoms with Crippen LogP contribution in [0.2, 0.25) is 0 Å². The van der Waals surface area contributed by atoms with E-state index in [2.05, 4.69) is 6.92 Å². The highest BCUT2D eigenvalue weighted by molar-refractivity contribution is 5.98. The predicted molar refractivity (Wildman–Crippen MR) is 175 cm³/mol. The summed E-state index contributed by atoms with van der Waals surface area (Å²) in [5, 5.41) is 3.47. The second-order valence-corrected chi connectivity index (χ2v) is 11.9. The molecule has 240 valence electrons. The van der Waals surface area contributed by atoms with E-state index in [0.717, 1.165) is 64.8 Å². The molecule has 0 amide bonds. The maximum absolute atomic E-state index is 13.5. The third-order valence-corrected chi connectivity index (χ3v) is 8.19. The van der Waals surface area contributed by atoms with Crippen LogP contribution in [0.25, 0.3) is 32.7 Å². The van der Waals surface area contributed by atoms with Crippen LogP contribution in [0.5, 0.6) is 0 Å². The summed E-state index contributed by atoms with van der Waals surface area (Å²) in [6.45, 7) is 6.09. The van der Waals surface area contributed by atoms with Gasteiger partial charge in [0.1, 0.15) is 0 Å². The molecule has 0 saturated heterocycles. The summed E-state index contributed by atoms with van der Waals surface area (Å²) in [7, 11) is 0. The molecule has 0 radical (unpaired) electrons. The molecule has 0 aliphatic heterocycles. The average Bonchev–Trinajstić information content (AvgIpc) is 3.02. The van der Waals surface area contributed by atoms with E-state index in [-0.39, 0.29) is 24.1 Å². The summed E-state index contributed by atoms with van der Waals surface area (Å²) >= 11 is 0. The average molecular weight is 621 g/mol. The third kappa shape index (κ3) is 9.56. The van der Waals surface area contributed by atoms with Gasteiger partial charge in [-0.3, -0.25) is 0 Å². The lowest BCUT2D eigenvalue weighted by molar-refractivity contribution is -0.206. The number of esters is 2. The number of carbonyl (C=O) groups excluding carboxylic acids is 2. The molecule has 0 fully saturated rings. The largest absolute Gasteiger partial charge is 0.459 e. The quantitative estimate of drug-likeness (QED) is 0.0980. The highest BCUT2D eigenvalue weighted by Gasteiger charge is 2.42. The molecule has 2 atom stereocenters. The van der Waals surface area contributed by atoms with E-state index in [9.17, 15) is 22.8 Å². The van der Waals surface area contributed by atoms with E-state index in [1.54, 1.807) is 18.2 Å². The first kappa shape index (κ1) is 34.0. The summed E-state index contributed by atoms with van der Waals surface area (Å²) in [4.78, 5) is 25.4. The summed E-state index contributed by atoms with van der Waals surface area (Å²) in [5.41, 5.74) is 2.53. The molecule has 45 heavy (non-hydrogen) atoms. The van der Waals surface area contributed by atoms with Gasteiger partial charge in [-0.25, -0.2) is 9.59 Å². The number of ether oxygens (including phenoxy) is 2. The first-order valence-corrected chi connectivity index (χ1v) is 16.2. The normalized spacial score (nSPS) is 13.1. The topological polar surface area (TPSA) is 52.6 Å². The van der Waals surface area contributed by atoms with Crippen LogP contribution in [0.4, 0.5) is 13.2 Å². The van der Waals surface area contributed by atoms with Crippen LogP contribution < -0.4 is 0 Å². The van der Waals surface area contributed by atoms with Crippen LogP contribution in [0.3, 0.4) is 0 Å². The van der Waals surface area contributed by atoms with Crippen molar-refractivity contribution in [2.45, 2.75) is 103 Å². The van der Waals surface area contributed by atoms with Crippen LogP contribution >= 0.6 is 0 Å². The van der Waals surface area contributed by atoms with E-state index < -0.39 is 18.2 Å². The lowest BCUT2D eigenvalue weighted by Gasteiger charge is -2.20. The van der Waals surface area contributed by atoms with Gasteiger partial charge in [-0.15, -0.1) is 0 Å². The van der Waals surface area contributed by atoms with Gasteiger partial charge < -0.3 is 9.47 Å². The molecule has 0 aromatic heterocycles. The fourth-order valence-electron chi connectivity index (χ4n) is 5.52. The summed E-state index contributed by atoms with van der Waals surface area (Å²) in [6.07, 6.45) is 1.12. The van der Waals surface area contributed by atoms with E-state index in [1.807, 2.05) is 62.4 Å². The smallest absolute Gasteiger partial charge is 0.425 e. The number of carbonyl (C=O) groups is 2. The van der Waals surface area contributed by atoms with Crippen molar-refractivity contribution in [1.82, 2.24) is 0 Å². The maximum atomic E-state index is 13.5. The number of benzene rings is 4. The molecule has 4 nitrogen and oxygen atoms in total. The molecule has 0 saturated carbocycles. The number of alkyl halides is 3. The molecule has 4 aromatic carbocycles.